The Morgan fingerprint density at radius 3 is 2.95 bits per heavy atom. The summed E-state index contributed by atoms with van der Waals surface area (Å²) >= 11 is 1.19. The lowest BCUT2D eigenvalue weighted by Gasteiger charge is -2.10. The van der Waals surface area contributed by atoms with Crippen LogP contribution in [0.5, 0.6) is 0 Å². The van der Waals surface area contributed by atoms with Crippen molar-refractivity contribution in [1.82, 2.24) is 5.32 Å². The Morgan fingerprint density at radius 2 is 2.32 bits per heavy atom. The maximum atomic E-state index is 13.7. The molecule has 0 saturated heterocycles. The highest BCUT2D eigenvalue weighted by Crippen LogP contribution is 2.35. The summed E-state index contributed by atoms with van der Waals surface area (Å²) in [6.45, 7) is 2.22. The monoisotopic (exact) mass is 282 g/mol. The number of hydrogen-bond donors (Lipinski definition) is 2. The third-order valence-corrected chi connectivity index (χ3v) is 4.03. The highest BCUT2D eigenvalue weighted by Gasteiger charge is 2.18. The van der Waals surface area contributed by atoms with Crippen LogP contribution in [-0.4, -0.2) is 25.7 Å². The zero-order valence-corrected chi connectivity index (χ0v) is 11.5. The van der Waals surface area contributed by atoms with Gasteiger partial charge in [-0.1, -0.05) is 6.07 Å². The molecule has 19 heavy (non-hydrogen) atoms. The second-order valence-corrected chi connectivity index (χ2v) is 5.27. The molecule has 0 radical (unpaired) electrons. The summed E-state index contributed by atoms with van der Waals surface area (Å²) in [7, 11) is 1.57. The molecular formula is C13H15FN2O2S. The number of nitrogen functional groups attached to an aromatic ring is 1. The van der Waals surface area contributed by atoms with Crippen LogP contribution in [0.25, 0.3) is 10.1 Å². The number of nitrogens with one attached hydrogen (secondary N) is 1. The average molecular weight is 282 g/mol. The van der Waals surface area contributed by atoms with Gasteiger partial charge in [-0.25, -0.2) is 4.39 Å². The number of carbonyl (C=O) groups excluding carboxylic acids is 1. The van der Waals surface area contributed by atoms with Gasteiger partial charge in [0.25, 0.3) is 5.91 Å². The topological polar surface area (TPSA) is 64.3 Å². The van der Waals surface area contributed by atoms with E-state index in [9.17, 15) is 9.18 Å². The number of anilines is 1. The van der Waals surface area contributed by atoms with Gasteiger partial charge >= 0.3 is 0 Å². The van der Waals surface area contributed by atoms with E-state index in [1.807, 2.05) is 6.92 Å². The Hall–Kier alpha value is -1.66. The number of nitrogens with two attached hydrogens (primary N) is 1. The molecule has 0 aliphatic heterocycles. The smallest absolute Gasteiger partial charge is 0.263 e. The lowest BCUT2D eigenvalue weighted by Crippen LogP contribution is -2.31. The molecule has 0 spiro atoms. The number of rotatable bonds is 4. The van der Waals surface area contributed by atoms with E-state index in [0.717, 1.165) is 0 Å². The van der Waals surface area contributed by atoms with Gasteiger partial charge in [-0.05, 0) is 19.1 Å². The van der Waals surface area contributed by atoms with Crippen molar-refractivity contribution in [3.63, 3.8) is 0 Å². The van der Waals surface area contributed by atoms with Crippen LogP contribution in [0.1, 0.15) is 16.6 Å². The minimum absolute atomic E-state index is 0.0868. The van der Waals surface area contributed by atoms with Crippen molar-refractivity contribution in [3.8, 4) is 0 Å². The molecule has 0 bridgehead atoms. The van der Waals surface area contributed by atoms with Crippen LogP contribution in [-0.2, 0) is 4.74 Å². The number of halogens is 1. The van der Waals surface area contributed by atoms with Crippen molar-refractivity contribution in [2.75, 3.05) is 19.4 Å². The molecule has 1 aromatic heterocycles. The van der Waals surface area contributed by atoms with Crippen LogP contribution in [0.15, 0.2) is 18.2 Å². The Labute approximate surface area is 114 Å². The summed E-state index contributed by atoms with van der Waals surface area (Å²) in [4.78, 5) is 12.3. The van der Waals surface area contributed by atoms with Crippen LogP contribution < -0.4 is 11.1 Å². The molecule has 6 heteroatoms. The summed E-state index contributed by atoms with van der Waals surface area (Å²) in [6, 6.07) is 4.68. The largest absolute Gasteiger partial charge is 0.397 e. The van der Waals surface area contributed by atoms with Crippen molar-refractivity contribution >= 4 is 33.0 Å². The van der Waals surface area contributed by atoms with E-state index in [1.54, 1.807) is 19.2 Å². The van der Waals surface area contributed by atoms with Crippen LogP contribution in [0.4, 0.5) is 10.1 Å². The first-order valence-corrected chi connectivity index (χ1v) is 6.63. The van der Waals surface area contributed by atoms with Gasteiger partial charge < -0.3 is 15.8 Å². The van der Waals surface area contributed by atoms with Gasteiger partial charge in [-0.2, -0.15) is 0 Å². The fourth-order valence-electron chi connectivity index (χ4n) is 1.70. The highest BCUT2D eigenvalue weighted by molar-refractivity contribution is 7.21. The number of hydrogen-bond acceptors (Lipinski definition) is 4. The molecule has 102 valence electrons. The summed E-state index contributed by atoms with van der Waals surface area (Å²) in [5.74, 6) is -0.711. The molecule has 0 fully saturated rings. The molecule has 4 nitrogen and oxygen atoms in total. The van der Waals surface area contributed by atoms with Crippen molar-refractivity contribution in [2.24, 2.45) is 0 Å². The number of amides is 1. The summed E-state index contributed by atoms with van der Waals surface area (Å²) in [5, 5.41) is 3.03. The number of thiophene rings is 1. The van der Waals surface area contributed by atoms with E-state index in [4.69, 9.17) is 10.5 Å². The van der Waals surface area contributed by atoms with Gasteiger partial charge in [0.2, 0.25) is 0 Å². The molecule has 1 heterocycles. The number of methoxy groups -OCH3 is 1. The van der Waals surface area contributed by atoms with Crippen LogP contribution in [0, 0.1) is 5.82 Å². The van der Waals surface area contributed by atoms with E-state index in [-0.39, 0.29) is 17.7 Å². The average Bonchev–Trinajstić information content (AvgIpc) is 2.74. The normalized spacial score (nSPS) is 12.6. The SMILES string of the molecule is COC(C)CNC(=O)c1sc2cccc(F)c2c1N. The van der Waals surface area contributed by atoms with Crippen LogP contribution in [0.2, 0.25) is 0 Å². The predicted octanol–water partition coefficient (Wildman–Crippen LogP) is 2.39. The number of fused-ring (bicyclic) bond motifs is 1. The molecule has 0 aliphatic rings. The summed E-state index contributed by atoms with van der Waals surface area (Å²) in [6.07, 6.45) is -0.0868. The first-order chi connectivity index (χ1) is 9.04. The van der Waals surface area contributed by atoms with E-state index in [1.165, 1.54) is 17.4 Å². The van der Waals surface area contributed by atoms with E-state index >= 15 is 0 Å². The van der Waals surface area contributed by atoms with Gasteiger partial charge in [0, 0.05) is 18.4 Å². The molecule has 3 N–H and O–H groups in total. The molecule has 2 aromatic rings. The third kappa shape index (κ3) is 2.69. The van der Waals surface area contributed by atoms with Gasteiger partial charge in [0.05, 0.1) is 17.2 Å². The molecule has 1 amide bonds. The third-order valence-electron chi connectivity index (χ3n) is 2.86. The van der Waals surface area contributed by atoms with Crippen molar-refractivity contribution < 1.29 is 13.9 Å². The first-order valence-electron chi connectivity index (χ1n) is 5.82. The highest BCUT2D eigenvalue weighted by atomic mass is 32.1. The zero-order valence-electron chi connectivity index (χ0n) is 10.7. The fourth-order valence-corrected chi connectivity index (χ4v) is 2.75. The molecule has 1 aromatic carbocycles. The van der Waals surface area contributed by atoms with Crippen molar-refractivity contribution in [2.45, 2.75) is 13.0 Å². The zero-order chi connectivity index (χ0) is 14.0. The summed E-state index contributed by atoms with van der Waals surface area (Å²) in [5.41, 5.74) is 6.05. The van der Waals surface area contributed by atoms with Gasteiger partial charge in [-0.3, -0.25) is 4.79 Å². The second-order valence-electron chi connectivity index (χ2n) is 4.21. The molecular weight excluding hydrogens is 267 g/mol. The maximum Gasteiger partial charge on any atom is 0.263 e. The van der Waals surface area contributed by atoms with Gasteiger partial charge in [0.1, 0.15) is 10.7 Å². The quantitative estimate of drug-likeness (QED) is 0.905. The Bertz CT molecular complexity index is 612. The molecule has 0 aliphatic carbocycles. The molecule has 1 unspecified atom stereocenters. The van der Waals surface area contributed by atoms with Crippen LogP contribution >= 0.6 is 11.3 Å². The predicted molar refractivity (Wildman–Crippen MR) is 75.0 cm³/mol. The lowest BCUT2D eigenvalue weighted by atomic mass is 10.2. The number of ether oxygens (including phenoxy) is 1. The van der Waals surface area contributed by atoms with Crippen LogP contribution in [0.3, 0.4) is 0 Å². The van der Waals surface area contributed by atoms with E-state index in [2.05, 4.69) is 5.32 Å². The first kappa shape index (κ1) is 13.8. The summed E-state index contributed by atoms with van der Waals surface area (Å²) < 4.78 is 19.4. The van der Waals surface area contributed by atoms with Crippen molar-refractivity contribution in [3.05, 3.63) is 28.9 Å². The number of carbonyl (C=O) groups is 1. The minimum atomic E-state index is -0.407. The minimum Gasteiger partial charge on any atom is -0.397 e. The Kier molecular flexibility index (Phi) is 4.01. The van der Waals surface area contributed by atoms with E-state index < -0.39 is 5.82 Å². The lowest BCUT2D eigenvalue weighted by molar-refractivity contribution is 0.0874. The van der Waals surface area contributed by atoms with Gasteiger partial charge in [-0.15, -0.1) is 11.3 Å². The number of benzene rings is 1. The second kappa shape index (κ2) is 5.54. The standard InChI is InChI=1S/C13H15FN2O2S/c1-7(18-2)6-16-13(17)12-11(15)10-8(14)4-3-5-9(10)19-12/h3-5,7H,6,15H2,1-2H3,(H,16,17). The Balaban J connectivity index is 2.28. The molecule has 1 atom stereocenters. The maximum absolute atomic E-state index is 13.7. The van der Waals surface area contributed by atoms with Crippen molar-refractivity contribution in [1.29, 1.82) is 0 Å². The van der Waals surface area contributed by atoms with Gasteiger partial charge in [0.15, 0.2) is 0 Å². The Morgan fingerprint density at radius 1 is 1.58 bits per heavy atom. The van der Waals surface area contributed by atoms with E-state index in [0.29, 0.717) is 21.5 Å². The molecule has 2 rings (SSSR count). The fraction of sp³-hybridized carbons (Fsp3) is 0.308. The molecule has 0 saturated carbocycles.